The van der Waals surface area contributed by atoms with Gasteiger partial charge in [-0.15, -0.1) is 0 Å². The second-order valence-corrected chi connectivity index (χ2v) is 16.0. The van der Waals surface area contributed by atoms with Gasteiger partial charge in [-0.25, -0.2) is 4.79 Å². The van der Waals surface area contributed by atoms with Crippen molar-refractivity contribution in [3.05, 3.63) is 132 Å². The van der Waals surface area contributed by atoms with Crippen LogP contribution < -0.4 is 10.4 Å². The molecule has 224 valence electrons. The molecule has 0 saturated carbocycles. The molecule has 0 fully saturated rings. The van der Waals surface area contributed by atoms with Gasteiger partial charge in [0.2, 0.25) is 0 Å². The van der Waals surface area contributed by atoms with Gasteiger partial charge in [0.1, 0.15) is 6.61 Å². The summed E-state index contributed by atoms with van der Waals surface area (Å²) in [6, 6.07) is 36.3. The van der Waals surface area contributed by atoms with Crippen molar-refractivity contribution in [3.63, 3.8) is 0 Å². The van der Waals surface area contributed by atoms with E-state index in [1.54, 1.807) is 7.05 Å². The number of nitrogens with zero attached hydrogens (tertiary/aromatic N) is 1. The van der Waals surface area contributed by atoms with Gasteiger partial charge in [-0.2, -0.15) is 0 Å². The van der Waals surface area contributed by atoms with Crippen LogP contribution in [0.25, 0.3) is 0 Å². The fourth-order valence-corrected chi connectivity index (χ4v) is 9.86. The van der Waals surface area contributed by atoms with E-state index in [-0.39, 0.29) is 6.61 Å². The standard InChI is InChI=1S/C36H41NO5Si/c1-27-22-24-29(25-23-27)32(37(5)35(39)41-26-28-16-10-7-11-17-28)33(40-6)34(38)42-43(36(2,3)4,30-18-12-8-13-19-30)31-20-14-9-15-21-31/h7-25,32-33H,26H2,1-6H3/t32-,33-/m1/s1. The second-order valence-electron chi connectivity index (χ2n) is 11.7. The molecule has 7 heteroatoms. The Morgan fingerprint density at radius 2 is 1.26 bits per heavy atom. The van der Waals surface area contributed by atoms with Crippen molar-refractivity contribution in [1.82, 2.24) is 4.90 Å². The molecule has 0 heterocycles. The number of methoxy groups -OCH3 is 1. The number of benzene rings is 4. The topological polar surface area (TPSA) is 65.1 Å². The average Bonchev–Trinajstić information content (AvgIpc) is 3.02. The Morgan fingerprint density at radius 1 is 0.767 bits per heavy atom. The normalized spacial score (nSPS) is 13.1. The van der Waals surface area contributed by atoms with E-state index < -0.39 is 37.6 Å². The van der Waals surface area contributed by atoms with Crippen LogP contribution in [0.2, 0.25) is 5.04 Å². The van der Waals surface area contributed by atoms with Crippen LogP contribution in [0.4, 0.5) is 4.79 Å². The maximum absolute atomic E-state index is 14.5. The summed E-state index contributed by atoms with van der Waals surface area (Å²) in [5.41, 5.74) is 2.65. The molecule has 0 aliphatic heterocycles. The number of amides is 1. The lowest BCUT2D eigenvalue weighted by atomic mass is 9.99. The highest BCUT2D eigenvalue weighted by Crippen LogP contribution is 2.38. The van der Waals surface area contributed by atoms with Crippen molar-refractivity contribution in [2.45, 2.75) is 51.5 Å². The Balaban J connectivity index is 1.75. The molecular formula is C36H41NO5Si. The molecule has 0 aliphatic carbocycles. The minimum atomic E-state index is -3.23. The van der Waals surface area contributed by atoms with Gasteiger partial charge < -0.3 is 18.8 Å². The third-order valence-electron chi connectivity index (χ3n) is 7.77. The van der Waals surface area contributed by atoms with Crippen LogP contribution >= 0.6 is 0 Å². The van der Waals surface area contributed by atoms with Gasteiger partial charge in [-0.1, -0.05) is 142 Å². The number of hydrogen-bond donors (Lipinski definition) is 0. The van der Waals surface area contributed by atoms with Gasteiger partial charge in [0.15, 0.2) is 6.10 Å². The minimum absolute atomic E-state index is 0.106. The number of likely N-dealkylation sites (N-methyl/N-ethyl adjacent to an activating group) is 1. The molecule has 0 N–H and O–H groups in total. The predicted octanol–water partition coefficient (Wildman–Crippen LogP) is 6.42. The van der Waals surface area contributed by atoms with Crippen molar-refractivity contribution >= 4 is 30.8 Å². The van der Waals surface area contributed by atoms with Crippen LogP contribution in [-0.4, -0.2) is 45.5 Å². The van der Waals surface area contributed by atoms with E-state index in [9.17, 15) is 9.59 Å². The lowest BCUT2D eigenvalue weighted by molar-refractivity contribution is -0.150. The van der Waals surface area contributed by atoms with Gasteiger partial charge in [-0.3, -0.25) is 4.79 Å². The summed E-state index contributed by atoms with van der Waals surface area (Å²) in [4.78, 5) is 29.3. The van der Waals surface area contributed by atoms with Gasteiger partial charge in [-0.05, 0) is 33.5 Å². The van der Waals surface area contributed by atoms with Gasteiger partial charge in [0.05, 0.1) is 6.04 Å². The number of aryl methyl sites for hydroxylation is 1. The molecule has 4 rings (SSSR count). The third-order valence-corrected chi connectivity index (χ3v) is 12.7. The molecule has 0 bridgehead atoms. The minimum Gasteiger partial charge on any atom is -0.508 e. The van der Waals surface area contributed by atoms with Crippen molar-refractivity contribution in [2.75, 3.05) is 14.2 Å². The van der Waals surface area contributed by atoms with E-state index in [1.807, 2.05) is 122 Å². The zero-order chi connectivity index (χ0) is 31.0. The monoisotopic (exact) mass is 595 g/mol. The van der Waals surface area contributed by atoms with Crippen molar-refractivity contribution < 1.29 is 23.5 Å². The van der Waals surface area contributed by atoms with Gasteiger partial charge >= 0.3 is 20.4 Å². The molecule has 0 unspecified atom stereocenters. The molecular weight excluding hydrogens is 554 g/mol. The van der Waals surface area contributed by atoms with E-state index >= 15 is 0 Å². The van der Waals surface area contributed by atoms with E-state index in [1.165, 1.54) is 12.0 Å². The van der Waals surface area contributed by atoms with Crippen LogP contribution in [0.3, 0.4) is 0 Å². The highest BCUT2D eigenvalue weighted by Gasteiger charge is 2.54. The van der Waals surface area contributed by atoms with Gasteiger partial charge in [0.25, 0.3) is 0 Å². The summed E-state index contributed by atoms with van der Waals surface area (Å²) in [6.07, 6.45) is -1.70. The maximum atomic E-state index is 14.5. The lowest BCUT2D eigenvalue weighted by Crippen LogP contribution is -2.68. The van der Waals surface area contributed by atoms with Crippen molar-refractivity contribution in [3.8, 4) is 0 Å². The molecule has 4 aromatic rings. The summed E-state index contributed by atoms with van der Waals surface area (Å²) in [7, 11) is -0.134. The zero-order valence-electron chi connectivity index (χ0n) is 25.8. The SMILES string of the molecule is CO[C@@H](C(=O)O[Si](c1ccccc1)(c1ccccc1)C(C)(C)C)[C@@H](c1ccc(C)cc1)N(C)C(=O)OCc1ccccc1. The largest absolute Gasteiger partial charge is 0.508 e. The Bertz CT molecular complexity index is 1430. The molecule has 43 heavy (non-hydrogen) atoms. The first kappa shape index (κ1) is 31.7. The third kappa shape index (κ3) is 7.07. The first-order chi connectivity index (χ1) is 20.6. The molecule has 0 spiro atoms. The van der Waals surface area contributed by atoms with E-state index in [4.69, 9.17) is 13.9 Å². The highest BCUT2D eigenvalue weighted by atomic mass is 28.4. The Labute approximate surface area is 256 Å². The fraction of sp³-hybridized carbons (Fsp3) is 0.278. The first-order valence-corrected chi connectivity index (χ1v) is 16.4. The van der Waals surface area contributed by atoms with Crippen LogP contribution in [-0.2, 0) is 25.3 Å². The zero-order valence-corrected chi connectivity index (χ0v) is 26.8. The number of ether oxygens (including phenoxy) is 2. The lowest BCUT2D eigenvalue weighted by Gasteiger charge is -2.43. The quantitative estimate of drug-likeness (QED) is 0.198. The number of rotatable bonds is 10. The van der Waals surface area contributed by atoms with Crippen molar-refractivity contribution in [2.24, 2.45) is 0 Å². The predicted molar refractivity (Wildman–Crippen MR) is 173 cm³/mol. The molecule has 2 atom stereocenters. The Morgan fingerprint density at radius 3 is 1.72 bits per heavy atom. The molecule has 6 nitrogen and oxygen atoms in total. The van der Waals surface area contributed by atoms with Crippen LogP contribution in [0.15, 0.2) is 115 Å². The molecule has 0 aromatic heterocycles. The first-order valence-electron chi connectivity index (χ1n) is 14.4. The highest BCUT2D eigenvalue weighted by molar-refractivity contribution is 7.00. The van der Waals surface area contributed by atoms with Crippen LogP contribution in [0.1, 0.15) is 43.5 Å². The summed E-state index contributed by atoms with van der Waals surface area (Å²) in [5, 5.41) is 1.52. The van der Waals surface area contributed by atoms with Gasteiger partial charge in [0, 0.05) is 14.2 Å². The molecule has 4 aromatic carbocycles. The van der Waals surface area contributed by atoms with E-state index in [2.05, 4.69) is 20.8 Å². The van der Waals surface area contributed by atoms with Crippen LogP contribution in [0.5, 0.6) is 0 Å². The van der Waals surface area contributed by atoms with Crippen LogP contribution in [0, 0.1) is 6.92 Å². The van der Waals surface area contributed by atoms with Crippen molar-refractivity contribution in [1.29, 1.82) is 0 Å². The molecule has 0 aliphatic rings. The smallest absolute Gasteiger partial charge is 0.410 e. The molecule has 0 saturated heterocycles. The Hall–Kier alpha value is -4.20. The second kappa shape index (κ2) is 13.8. The maximum Gasteiger partial charge on any atom is 0.410 e. The number of hydrogen-bond acceptors (Lipinski definition) is 5. The summed E-state index contributed by atoms with van der Waals surface area (Å²) in [6.45, 7) is 8.42. The fourth-order valence-electron chi connectivity index (χ4n) is 5.51. The average molecular weight is 596 g/mol. The number of carbonyl (C=O) groups excluding carboxylic acids is 2. The van der Waals surface area contributed by atoms with E-state index in [0.717, 1.165) is 27.1 Å². The summed E-state index contributed by atoms with van der Waals surface area (Å²) < 4.78 is 18.4. The molecule has 1 amide bonds. The number of carbonyl (C=O) groups is 2. The Kier molecular flexibility index (Phi) is 10.2. The summed E-state index contributed by atoms with van der Waals surface area (Å²) >= 11 is 0. The summed E-state index contributed by atoms with van der Waals surface area (Å²) in [5.74, 6) is -0.537. The van der Waals surface area contributed by atoms with E-state index in [0.29, 0.717) is 0 Å². The molecule has 0 radical (unpaired) electrons.